The number of pyridine rings is 1. The third-order valence-corrected chi connectivity index (χ3v) is 5.25. The summed E-state index contributed by atoms with van der Waals surface area (Å²) in [6.07, 6.45) is 3.62. The predicted octanol–water partition coefficient (Wildman–Crippen LogP) is 4.53. The molecule has 2 heterocycles. The second-order valence-corrected chi connectivity index (χ2v) is 7.11. The predicted molar refractivity (Wildman–Crippen MR) is 121 cm³/mol. The van der Waals surface area contributed by atoms with E-state index in [0.29, 0.717) is 30.3 Å². The van der Waals surface area contributed by atoms with Crippen LogP contribution in [0.5, 0.6) is 11.5 Å². The lowest BCUT2D eigenvalue weighted by molar-refractivity contribution is 0.0947. The minimum atomic E-state index is -0.205. The van der Waals surface area contributed by atoms with Crippen LogP contribution in [0.25, 0.3) is 10.9 Å². The molecule has 1 amide bonds. The highest BCUT2D eigenvalue weighted by molar-refractivity contribution is 5.92. The lowest BCUT2D eigenvalue weighted by atomic mass is 9.90. The fraction of sp³-hybridized carbons (Fsp3) is 0.200. The molecule has 6 nitrogen and oxygen atoms in total. The number of methoxy groups -OCH3 is 1. The number of amides is 1. The number of rotatable bonds is 8. The van der Waals surface area contributed by atoms with Crippen molar-refractivity contribution in [3.63, 3.8) is 0 Å². The van der Waals surface area contributed by atoms with Crippen molar-refractivity contribution in [2.24, 2.45) is 0 Å². The number of fused-ring (bicyclic) bond motifs is 1. The van der Waals surface area contributed by atoms with Crippen LogP contribution in [-0.2, 0) is 0 Å². The zero-order valence-electron chi connectivity index (χ0n) is 17.6. The highest BCUT2D eigenvalue weighted by Crippen LogP contribution is 2.35. The maximum absolute atomic E-state index is 12.6. The van der Waals surface area contributed by atoms with Gasteiger partial charge in [0.1, 0.15) is 5.69 Å². The highest BCUT2D eigenvalue weighted by atomic mass is 16.5. The number of para-hydroxylation sites is 1. The largest absolute Gasteiger partial charge is 0.493 e. The van der Waals surface area contributed by atoms with Crippen LogP contribution in [0.15, 0.2) is 73.1 Å². The summed E-state index contributed by atoms with van der Waals surface area (Å²) >= 11 is 0. The molecule has 0 saturated carbocycles. The first-order valence-corrected chi connectivity index (χ1v) is 10.3. The van der Waals surface area contributed by atoms with Crippen LogP contribution < -0.4 is 14.8 Å². The second kappa shape index (κ2) is 9.34. The Hall–Kier alpha value is -3.80. The van der Waals surface area contributed by atoms with Gasteiger partial charge in [0.2, 0.25) is 0 Å². The van der Waals surface area contributed by atoms with Gasteiger partial charge in [-0.15, -0.1) is 0 Å². The van der Waals surface area contributed by atoms with E-state index < -0.39 is 0 Å². The van der Waals surface area contributed by atoms with Crippen LogP contribution in [0.4, 0.5) is 0 Å². The van der Waals surface area contributed by atoms with E-state index in [1.54, 1.807) is 31.5 Å². The van der Waals surface area contributed by atoms with E-state index in [0.717, 1.165) is 22.0 Å². The number of hydrogen-bond donors (Lipinski definition) is 2. The number of aromatic nitrogens is 2. The average molecular weight is 415 g/mol. The molecular weight excluding hydrogens is 390 g/mol. The summed E-state index contributed by atoms with van der Waals surface area (Å²) in [6, 6.07) is 19.4. The maximum atomic E-state index is 12.6. The lowest BCUT2D eigenvalue weighted by Crippen LogP contribution is -2.29. The van der Waals surface area contributed by atoms with Crippen LogP contribution in [0.3, 0.4) is 0 Å². The Kier molecular flexibility index (Phi) is 6.17. The number of ether oxygens (including phenoxy) is 2. The molecule has 0 aliphatic rings. The van der Waals surface area contributed by atoms with Crippen molar-refractivity contribution >= 4 is 16.8 Å². The van der Waals surface area contributed by atoms with Crippen LogP contribution in [0.1, 0.15) is 34.5 Å². The molecule has 2 N–H and O–H groups in total. The van der Waals surface area contributed by atoms with E-state index in [1.165, 1.54) is 0 Å². The molecule has 2 aromatic carbocycles. The number of carbonyl (C=O) groups excluding carboxylic acids is 1. The average Bonchev–Trinajstić information content (AvgIpc) is 3.24. The summed E-state index contributed by atoms with van der Waals surface area (Å²) in [5.74, 6) is 1.07. The van der Waals surface area contributed by atoms with Crippen molar-refractivity contribution in [2.45, 2.75) is 12.8 Å². The Morgan fingerprint density at radius 3 is 2.71 bits per heavy atom. The number of hydrogen-bond acceptors (Lipinski definition) is 4. The molecule has 4 aromatic rings. The molecule has 158 valence electrons. The minimum absolute atomic E-state index is 0.0895. The number of benzene rings is 2. The van der Waals surface area contributed by atoms with E-state index in [9.17, 15) is 4.79 Å². The zero-order chi connectivity index (χ0) is 21.6. The molecule has 4 rings (SSSR count). The van der Waals surface area contributed by atoms with Crippen LogP contribution in [-0.4, -0.2) is 36.1 Å². The molecule has 0 aliphatic heterocycles. The van der Waals surface area contributed by atoms with Crippen molar-refractivity contribution in [1.82, 2.24) is 15.3 Å². The standard InChI is InChI=1S/C25H25N3O3/c1-3-31-23-12-11-17(14-24(23)30-2)19(15-28-25(29)22-10-6-7-13-26-22)20-16-27-21-9-5-4-8-18(20)21/h4-14,16,19,27H,3,15H2,1-2H3,(H,28,29). The van der Waals surface area contributed by atoms with Gasteiger partial charge < -0.3 is 19.8 Å². The molecule has 0 saturated heterocycles. The molecule has 1 unspecified atom stereocenters. The molecule has 0 fully saturated rings. The molecule has 6 heteroatoms. The van der Waals surface area contributed by atoms with E-state index in [2.05, 4.69) is 21.4 Å². The smallest absolute Gasteiger partial charge is 0.269 e. The lowest BCUT2D eigenvalue weighted by Gasteiger charge is -2.20. The third-order valence-electron chi connectivity index (χ3n) is 5.25. The number of H-pyrrole nitrogens is 1. The van der Waals surface area contributed by atoms with E-state index >= 15 is 0 Å². The molecule has 0 radical (unpaired) electrons. The van der Waals surface area contributed by atoms with Crippen molar-refractivity contribution in [1.29, 1.82) is 0 Å². The van der Waals surface area contributed by atoms with Crippen LogP contribution in [0, 0.1) is 0 Å². The summed E-state index contributed by atoms with van der Waals surface area (Å²) in [4.78, 5) is 20.1. The Labute approximate surface area is 181 Å². The normalized spacial score (nSPS) is 11.8. The quantitative estimate of drug-likeness (QED) is 0.443. The summed E-state index contributed by atoms with van der Waals surface area (Å²) in [6.45, 7) is 2.91. The van der Waals surface area contributed by atoms with Crippen molar-refractivity contribution in [3.8, 4) is 11.5 Å². The Morgan fingerprint density at radius 2 is 1.94 bits per heavy atom. The number of nitrogens with zero attached hydrogens (tertiary/aromatic N) is 1. The summed E-state index contributed by atoms with van der Waals surface area (Å²) in [5, 5.41) is 4.16. The fourth-order valence-electron chi connectivity index (χ4n) is 3.75. The number of nitrogens with one attached hydrogen (secondary N) is 2. The second-order valence-electron chi connectivity index (χ2n) is 7.11. The number of aromatic amines is 1. The van der Waals surface area contributed by atoms with Gasteiger partial charge >= 0.3 is 0 Å². The molecule has 1 atom stereocenters. The van der Waals surface area contributed by atoms with Gasteiger partial charge in [0.05, 0.1) is 13.7 Å². The van der Waals surface area contributed by atoms with Crippen molar-refractivity contribution in [2.75, 3.05) is 20.3 Å². The van der Waals surface area contributed by atoms with Gasteiger partial charge in [-0.2, -0.15) is 0 Å². The first kappa shape index (κ1) is 20.5. The summed E-state index contributed by atoms with van der Waals surface area (Å²) < 4.78 is 11.2. The topological polar surface area (TPSA) is 76.2 Å². The SMILES string of the molecule is CCOc1ccc(C(CNC(=O)c2ccccn2)c2c[nH]c3ccccc23)cc1OC. The number of carbonyl (C=O) groups is 1. The van der Waals surface area contributed by atoms with Gasteiger partial charge in [-0.3, -0.25) is 9.78 Å². The molecular formula is C25H25N3O3. The third kappa shape index (κ3) is 4.38. The van der Waals surface area contributed by atoms with E-state index in [-0.39, 0.29) is 11.8 Å². The fourth-order valence-corrected chi connectivity index (χ4v) is 3.75. The van der Waals surface area contributed by atoms with Crippen LogP contribution >= 0.6 is 0 Å². The molecule has 0 aliphatic carbocycles. The Balaban J connectivity index is 1.70. The molecule has 0 spiro atoms. The van der Waals surface area contributed by atoms with E-state index in [1.807, 2.05) is 49.5 Å². The Bertz CT molecular complexity index is 1170. The van der Waals surface area contributed by atoms with Gasteiger partial charge in [0, 0.05) is 35.8 Å². The first-order valence-electron chi connectivity index (χ1n) is 10.3. The molecule has 2 aromatic heterocycles. The van der Waals surface area contributed by atoms with Gasteiger partial charge in [0.25, 0.3) is 5.91 Å². The van der Waals surface area contributed by atoms with Gasteiger partial charge in [-0.05, 0) is 48.4 Å². The van der Waals surface area contributed by atoms with E-state index in [4.69, 9.17) is 9.47 Å². The van der Waals surface area contributed by atoms with Gasteiger partial charge in [-0.1, -0.05) is 30.3 Å². The molecule has 31 heavy (non-hydrogen) atoms. The summed E-state index contributed by atoms with van der Waals surface area (Å²) in [7, 11) is 1.63. The van der Waals surface area contributed by atoms with Crippen LogP contribution in [0.2, 0.25) is 0 Å². The molecule has 0 bridgehead atoms. The van der Waals surface area contributed by atoms with Gasteiger partial charge in [-0.25, -0.2) is 0 Å². The maximum Gasteiger partial charge on any atom is 0.269 e. The van der Waals surface area contributed by atoms with Crippen molar-refractivity contribution in [3.05, 3.63) is 89.9 Å². The minimum Gasteiger partial charge on any atom is -0.493 e. The first-order chi connectivity index (χ1) is 15.2. The Morgan fingerprint density at radius 1 is 1.10 bits per heavy atom. The summed E-state index contributed by atoms with van der Waals surface area (Å²) in [5.41, 5.74) is 3.57. The zero-order valence-corrected chi connectivity index (χ0v) is 17.6. The highest BCUT2D eigenvalue weighted by Gasteiger charge is 2.21. The van der Waals surface area contributed by atoms with Crippen molar-refractivity contribution < 1.29 is 14.3 Å². The monoisotopic (exact) mass is 415 g/mol. The van der Waals surface area contributed by atoms with Gasteiger partial charge in [0.15, 0.2) is 11.5 Å².